The number of nitrogens with zero attached hydrogens (tertiary/aromatic N) is 1. The first kappa shape index (κ1) is 13.7. The van der Waals surface area contributed by atoms with E-state index in [1.54, 1.807) is 0 Å². The van der Waals surface area contributed by atoms with Crippen LogP contribution in [0.2, 0.25) is 0 Å². The Kier molecular flexibility index (Phi) is 4.05. The summed E-state index contributed by atoms with van der Waals surface area (Å²) in [6, 6.07) is 4.41. The summed E-state index contributed by atoms with van der Waals surface area (Å²) in [6.45, 7) is 0. The van der Waals surface area contributed by atoms with Crippen LogP contribution in [0.4, 0.5) is 8.78 Å². The Hall–Kier alpha value is -2.76. The van der Waals surface area contributed by atoms with E-state index in [1.807, 2.05) is 0 Å². The fourth-order valence-electron chi connectivity index (χ4n) is 1.44. The molecular weight excluding hydrogens is 268 g/mol. The summed E-state index contributed by atoms with van der Waals surface area (Å²) in [5.41, 5.74) is 0.479. The maximum Gasteiger partial charge on any atom is 0.328 e. The molecule has 0 radical (unpaired) electrons. The van der Waals surface area contributed by atoms with Gasteiger partial charge in [-0.1, -0.05) is 0 Å². The van der Waals surface area contributed by atoms with Crippen molar-refractivity contribution in [1.82, 2.24) is 4.98 Å². The van der Waals surface area contributed by atoms with E-state index in [1.165, 1.54) is 24.5 Å². The van der Waals surface area contributed by atoms with Gasteiger partial charge in [0.25, 0.3) is 0 Å². The molecule has 2 aromatic rings. The van der Waals surface area contributed by atoms with Gasteiger partial charge in [0.15, 0.2) is 11.6 Å². The van der Waals surface area contributed by atoms with Gasteiger partial charge in [-0.25, -0.2) is 13.6 Å². The number of aromatic nitrogens is 1. The molecule has 0 fully saturated rings. The lowest BCUT2D eigenvalue weighted by molar-refractivity contribution is -0.131. The Balaban J connectivity index is 2.21. The molecule has 0 unspecified atom stereocenters. The fraction of sp³-hybridized carbons (Fsp3) is 0. The number of carbonyl (C=O) groups is 1. The third-order valence-electron chi connectivity index (χ3n) is 2.27. The van der Waals surface area contributed by atoms with Crippen molar-refractivity contribution >= 4 is 12.0 Å². The molecule has 0 aliphatic rings. The summed E-state index contributed by atoms with van der Waals surface area (Å²) in [4.78, 5) is 14.2. The van der Waals surface area contributed by atoms with Crippen LogP contribution in [0.3, 0.4) is 0 Å². The Morgan fingerprint density at radius 3 is 2.75 bits per heavy atom. The maximum atomic E-state index is 13.4. The van der Waals surface area contributed by atoms with Gasteiger partial charge in [0.2, 0.25) is 0 Å². The molecule has 1 heterocycles. The average molecular weight is 277 g/mol. The first-order valence-corrected chi connectivity index (χ1v) is 5.53. The molecule has 1 aromatic carbocycles. The zero-order valence-corrected chi connectivity index (χ0v) is 10.1. The number of carboxylic acid groups (broad SMARTS) is 1. The molecule has 0 saturated heterocycles. The van der Waals surface area contributed by atoms with Crippen molar-refractivity contribution in [1.29, 1.82) is 0 Å². The lowest BCUT2D eigenvalue weighted by Gasteiger charge is -2.06. The van der Waals surface area contributed by atoms with Gasteiger partial charge in [-0.05, 0) is 29.8 Å². The second-order valence-corrected chi connectivity index (χ2v) is 3.80. The van der Waals surface area contributed by atoms with Crippen LogP contribution in [0.15, 0.2) is 42.7 Å². The van der Waals surface area contributed by atoms with E-state index in [9.17, 15) is 13.6 Å². The number of carboxylic acids is 1. The van der Waals surface area contributed by atoms with Crippen molar-refractivity contribution in [2.24, 2.45) is 0 Å². The average Bonchev–Trinajstić information content (AvgIpc) is 2.40. The van der Waals surface area contributed by atoms with E-state index in [0.29, 0.717) is 11.6 Å². The quantitative estimate of drug-likeness (QED) is 0.871. The molecule has 0 aliphatic carbocycles. The number of aliphatic carboxylic acids is 1. The van der Waals surface area contributed by atoms with Gasteiger partial charge in [-0.2, -0.15) is 0 Å². The zero-order chi connectivity index (χ0) is 14.5. The molecule has 4 nitrogen and oxygen atoms in total. The van der Waals surface area contributed by atoms with Crippen molar-refractivity contribution < 1.29 is 23.4 Å². The van der Waals surface area contributed by atoms with Crippen LogP contribution in [0.5, 0.6) is 11.5 Å². The minimum absolute atomic E-state index is 0.146. The first-order valence-electron chi connectivity index (χ1n) is 5.53. The summed E-state index contributed by atoms with van der Waals surface area (Å²) in [5, 5.41) is 8.52. The molecule has 1 aromatic heterocycles. The van der Waals surface area contributed by atoms with Crippen molar-refractivity contribution in [2.75, 3.05) is 0 Å². The standard InChI is InChI=1S/C14H9F2NO3/c15-10-2-3-13(12(16)6-10)20-11-5-9(7-17-8-11)1-4-14(18)19/h1-8H,(H,18,19)/b4-1+. The summed E-state index contributed by atoms with van der Waals surface area (Å²) in [7, 11) is 0. The van der Waals surface area contributed by atoms with Crippen molar-refractivity contribution in [2.45, 2.75) is 0 Å². The van der Waals surface area contributed by atoms with Crippen molar-refractivity contribution in [3.8, 4) is 11.5 Å². The van der Waals surface area contributed by atoms with Crippen LogP contribution < -0.4 is 4.74 Å². The highest BCUT2D eigenvalue weighted by Gasteiger charge is 2.06. The maximum absolute atomic E-state index is 13.4. The third kappa shape index (κ3) is 3.61. The van der Waals surface area contributed by atoms with Gasteiger partial charge >= 0.3 is 5.97 Å². The number of pyridine rings is 1. The predicted molar refractivity (Wildman–Crippen MR) is 67.3 cm³/mol. The van der Waals surface area contributed by atoms with Crippen LogP contribution in [0.1, 0.15) is 5.56 Å². The SMILES string of the molecule is O=C(O)/C=C/c1cncc(Oc2ccc(F)cc2F)c1. The van der Waals surface area contributed by atoms with E-state index in [0.717, 1.165) is 18.2 Å². The van der Waals surface area contributed by atoms with Crippen LogP contribution in [-0.2, 0) is 4.79 Å². The van der Waals surface area contributed by atoms with Crippen LogP contribution in [0.25, 0.3) is 6.08 Å². The number of hydrogen-bond acceptors (Lipinski definition) is 3. The van der Waals surface area contributed by atoms with Gasteiger partial charge in [-0.3, -0.25) is 4.98 Å². The normalized spacial score (nSPS) is 10.7. The highest BCUT2D eigenvalue weighted by Crippen LogP contribution is 2.25. The largest absolute Gasteiger partial charge is 0.478 e. The number of ether oxygens (including phenoxy) is 1. The number of benzene rings is 1. The Labute approximate surface area is 113 Å². The van der Waals surface area contributed by atoms with Gasteiger partial charge < -0.3 is 9.84 Å². The smallest absolute Gasteiger partial charge is 0.328 e. The molecule has 0 spiro atoms. The molecule has 20 heavy (non-hydrogen) atoms. The van der Waals surface area contributed by atoms with E-state index in [4.69, 9.17) is 9.84 Å². The number of hydrogen-bond donors (Lipinski definition) is 1. The molecular formula is C14H9F2NO3. The Bertz CT molecular complexity index is 671. The molecule has 2 rings (SSSR count). The minimum atomic E-state index is -1.10. The zero-order valence-electron chi connectivity index (χ0n) is 10.1. The molecule has 0 atom stereocenters. The van der Waals surface area contributed by atoms with Crippen LogP contribution in [-0.4, -0.2) is 16.1 Å². The van der Waals surface area contributed by atoms with E-state index < -0.39 is 17.6 Å². The Morgan fingerprint density at radius 1 is 1.25 bits per heavy atom. The lowest BCUT2D eigenvalue weighted by atomic mass is 10.2. The van der Waals surface area contributed by atoms with Crippen molar-refractivity contribution in [3.05, 3.63) is 59.9 Å². The summed E-state index contributed by atoms with van der Waals surface area (Å²) < 4.78 is 31.4. The molecule has 0 saturated carbocycles. The molecule has 0 amide bonds. The van der Waals surface area contributed by atoms with Gasteiger partial charge in [-0.15, -0.1) is 0 Å². The number of halogens is 2. The van der Waals surface area contributed by atoms with E-state index in [-0.39, 0.29) is 11.5 Å². The summed E-state index contributed by atoms with van der Waals surface area (Å²) >= 11 is 0. The molecule has 1 N–H and O–H groups in total. The van der Waals surface area contributed by atoms with Crippen molar-refractivity contribution in [3.63, 3.8) is 0 Å². The highest BCUT2D eigenvalue weighted by molar-refractivity contribution is 5.85. The topological polar surface area (TPSA) is 59.4 Å². The van der Waals surface area contributed by atoms with Gasteiger partial charge in [0, 0.05) is 18.3 Å². The molecule has 0 aliphatic heterocycles. The molecule has 0 bridgehead atoms. The second kappa shape index (κ2) is 5.92. The molecule has 6 heteroatoms. The molecule has 102 valence electrons. The number of rotatable bonds is 4. The minimum Gasteiger partial charge on any atom is -0.478 e. The van der Waals surface area contributed by atoms with E-state index in [2.05, 4.69) is 4.98 Å². The lowest BCUT2D eigenvalue weighted by Crippen LogP contribution is -1.91. The third-order valence-corrected chi connectivity index (χ3v) is 2.27. The van der Waals surface area contributed by atoms with E-state index >= 15 is 0 Å². The summed E-state index contributed by atoms with van der Waals surface area (Å²) in [6.07, 6.45) is 5.02. The monoisotopic (exact) mass is 277 g/mol. The van der Waals surface area contributed by atoms with Gasteiger partial charge in [0.05, 0.1) is 6.20 Å². The second-order valence-electron chi connectivity index (χ2n) is 3.80. The van der Waals surface area contributed by atoms with Crippen LogP contribution in [0, 0.1) is 11.6 Å². The van der Waals surface area contributed by atoms with Gasteiger partial charge in [0.1, 0.15) is 11.6 Å². The Morgan fingerprint density at radius 2 is 2.05 bits per heavy atom. The predicted octanol–water partition coefficient (Wildman–Crippen LogP) is 3.25. The van der Waals surface area contributed by atoms with Crippen LogP contribution >= 0.6 is 0 Å². The summed E-state index contributed by atoms with van der Waals surface area (Å²) in [5.74, 6) is -2.57. The fourth-order valence-corrected chi connectivity index (χ4v) is 1.44. The first-order chi connectivity index (χ1) is 9.54. The highest BCUT2D eigenvalue weighted by atomic mass is 19.1.